The Morgan fingerprint density at radius 2 is 1.12 bits per heavy atom. The van der Waals surface area contributed by atoms with E-state index < -0.39 is 65.2 Å². The molecule has 6 aromatic rings. The third-order valence-electron chi connectivity index (χ3n) is 10.7. The maximum atomic E-state index is 12.6. The van der Waals surface area contributed by atoms with Gasteiger partial charge in [-0.15, -0.1) is 0 Å². The topological polar surface area (TPSA) is 199 Å². The standard InChI is InChI=1S/C25H23IN2O6.C25H22N2O6/c1-3-32-21-20(26)19(34-23(21)28-13-15(2)22(29)27-25(28)31)14-33-24(30)18-11-9-17(10-12-18)16-7-5-4-6-8-16;1-3-31-21-13-20(33-23(21)27-14-16(2)22(28)26-25(27)30)15-32-24(29)19-11-9-18(10-12-19)17-7-5-4-6-8-17/h3-13,19-21,23H,1,14H2,2H3,(H,27,29,31);3-14,21,23H,1,15H2,2H3,(H,26,28,30)/t19-,20+,21-,23-;21-,23-/m11/s1. The average Bonchev–Trinajstić information content (AvgIpc) is 3.89. The number of hydrogen-bond acceptors (Lipinski definition) is 12. The van der Waals surface area contributed by atoms with Crippen LogP contribution in [0.25, 0.3) is 22.3 Å². The van der Waals surface area contributed by atoms with Gasteiger partial charge in [0.15, 0.2) is 18.4 Å². The van der Waals surface area contributed by atoms with Gasteiger partial charge in [0.2, 0.25) is 6.23 Å². The number of hydrogen-bond donors (Lipinski definition) is 2. The van der Waals surface area contributed by atoms with E-state index in [0.717, 1.165) is 22.3 Å². The fraction of sp³-hybridized carbons (Fsp3) is 0.200. The Morgan fingerprint density at radius 1 is 0.657 bits per heavy atom. The van der Waals surface area contributed by atoms with Crippen LogP contribution in [0.15, 0.2) is 178 Å². The molecule has 16 nitrogen and oxygen atoms in total. The van der Waals surface area contributed by atoms with Crippen LogP contribution in [0.3, 0.4) is 0 Å². The van der Waals surface area contributed by atoms with Crippen molar-refractivity contribution in [1.29, 1.82) is 0 Å². The summed E-state index contributed by atoms with van der Waals surface area (Å²) in [7, 11) is 0. The first-order valence-electron chi connectivity index (χ1n) is 20.8. The van der Waals surface area contributed by atoms with Crippen LogP contribution in [0.5, 0.6) is 0 Å². The summed E-state index contributed by atoms with van der Waals surface area (Å²) >= 11 is 2.14. The van der Waals surface area contributed by atoms with Gasteiger partial charge >= 0.3 is 23.3 Å². The molecule has 1 fully saturated rings. The van der Waals surface area contributed by atoms with Gasteiger partial charge in [-0.05, 0) is 60.4 Å². The number of nitrogens with one attached hydrogen (secondary N) is 2. The average molecular weight is 1020 g/mol. The molecule has 344 valence electrons. The summed E-state index contributed by atoms with van der Waals surface area (Å²) in [4.78, 5) is 77.7. The second-order valence-electron chi connectivity index (χ2n) is 15.2. The van der Waals surface area contributed by atoms with Gasteiger partial charge in [0.1, 0.15) is 25.1 Å². The summed E-state index contributed by atoms with van der Waals surface area (Å²) in [6, 6.07) is 34.0. The zero-order chi connectivity index (χ0) is 47.6. The predicted octanol–water partition coefficient (Wildman–Crippen LogP) is 6.91. The van der Waals surface area contributed by atoms with Gasteiger partial charge in [-0.1, -0.05) is 121 Å². The van der Waals surface area contributed by atoms with Crippen molar-refractivity contribution >= 4 is 34.5 Å². The molecule has 8 rings (SSSR count). The van der Waals surface area contributed by atoms with E-state index in [9.17, 15) is 28.8 Å². The second-order valence-corrected chi connectivity index (χ2v) is 16.6. The molecule has 2 N–H and O–H groups in total. The van der Waals surface area contributed by atoms with Gasteiger partial charge in [-0.2, -0.15) is 0 Å². The lowest BCUT2D eigenvalue weighted by Gasteiger charge is -2.21. The minimum atomic E-state index is -0.884. The molecule has 0 saturated carbocycles. The molecule has 0 unspecified atom stereocenters. The van der Waals surface area contributed by atoms with E-state index in [1.165, 1.54) is 34.1 Å². The van der Waals surface area contributed by atoms with Crippen molar-refractivity contribution in [1.82, 2.24) is 19.1 Å². The summed E-state index contributed by atoms with van der Waals surface area (Å²) in [5, 5.41) is 0. The van der Waals surface area contributed by atoms with E-state index in [2.05, 4.69) is 45.7 Å². The van der Waals surface area contributed by atoms with Crippen LogP contribution in [0.4, 0.5) is 0 Å². The third kappa shape index (κ3) is 11.3. The van der Waals surface area contributed by atoms with Gasteiger partial charge in [-0.25, -0.2) is 19.2 Å². The van der Waals surface area contributed by atoms with E-state index in [4.69, 9.17) is 28.4 Å². The molecule has 4 aromatic carbocycles. The van der Waals surface area contributed by atoms with Crippen molar-refractivity contribution in [3.8, 4) is 22.3 Å². The maximum Gasteiger partial charge on any atom is 0.338 e. The van der Waals surface area contributed by atoms with Gasteiger partial charge in [-0.3, -0.25) is 28.7 Å². The minimum absolute atomic E-state index is 0.0303. The first-order valence-corrected chi connectivity index (χ1v) is 22.1. The molecular formula is C50H45IN4O12. The Morgan fingerprint density at radius 3 is 1.61 bits per heavy atom. The third-order valence-corrected chi connectivity index (χ3v) is 12.2. The Labute approximate surface area is 396 Å². The number of aromatic amines is 2. The number of aromatic nitrogens is 4. The highest BCUT2D eigenvalue weighted by molar-refractivity contribution is 14.1. The van der Waals surface area contributed by atoms with Gasteiger partial charge in [0.05, 0.1) is 27.6 Å². The molecule has 0 spiro atoms. The van der Waals surface area contributed by atoms with Crippen molar-refractivity contribution in [3.63, 3.8) is 0 Å². The number of ether oxygens (including phenoxy) is 6. The zero-order valence-electron chi connectivity index (χ0n) is 36.2. The lowest BCUT2D eigenvalue weighted by molar-refractivity contribution is -0.0593. The predicted molar refractivity (Wildman–Crippen MR) is 257 cm³/mol. The highest BCUT2D eigenvalue weighted by atomic mass is 127. The molecule has 0 amide bonds. The van der Waals surface area contributed by atoms with Gasteiger partial charge in [0, 0.05) is 29.6 Å². The van der Waals surface area contributed by atoms with Crippen LogP contribution in [-0.2, 0) is 28.4 Å². The van der Waals surface area contributed by atoms with Crippen molar-refractivity contribution in [3.05, 3.63) is 223 Å². The molecule has 4 heterocycles. The summed E-state index contributed by atoms with van der Waals surface area (Å²) in [6.07, 6.45) is 3.41. The molecule has 1 saturated heterocycles. The number of carbonyl (C=O) groups excluding carboxylic acids is 2. The van der Waals surface area contributed by atoms with E-state index in [0.29, 0.717) is 28.0 Å². The summed E-state index contributed by atoms with van der Waals surface area (Å²) < 4.78 is 36.1. The molecule has 0 aliphatic carbocycles. The van der Waals surface area contributed by atoms with E-state index in [1.54, 1.807) is 44.2 Å². The van der Waals surface area contributed by atoms with Gasteiger partial charge in [0.25, 0.3) is 11.1 Å². The first kappa shape index (κ1) is 47.5. The second kappa shape index (κ2) is 21.7. The fourth-order valence-corrected chi connectivity index (χ4v) is 8.12. The van der Waals surface area contributed by atoms with Crippen LogP contribution in [0, 0.1) is 13.8 Å². The van der Waals surface area contributed by atoms with Crippen molar-refractivity contribution in [2.24, 2.45) is 0 Å². The number of carbonyl (C=O) groups is 2. The summed E-state index contributed by atoms with van der Waals surface area (Å²) in [6.45, 7) is 10.1. The largest absolute Gasteiger partial charge is 0.493 e. The van der Waals surface area contributed by atoms with E-state index in [1.807, 2.05) is 84.9 Å². The molecule has 17 heteroatoms. The lowest BCUT2D eigenvalue weighted by Crippen LogP contribution is -2.38. The van der Waals surface area contributed by atoms with Crippen LogP contribution < -0.4 is 22.5 Å². The summed E-state index contributed by atoms with van der Waals surface area (Å²) in [5.41, 5.74) is 3.42. The van der Waals surface area contributed by atoms with Crippen molar-refractivity contribution in [2.45, 2.75) is 48.5 Å². The highest BCUT2D eigenvalue weighted by Gasteiger charge is 2.46. The lowest BCUT2D eigenvalue weighted by atomic mass is 10.0. The molecule has 0 radical (unpaired) electrons. The Balaban J connectivity index is 0.000000199. The first-order chi connectivity index (χ1) is 32.3. The number of benzene rings is 4. The molecule has 2 aliphatic heterocycles. The Hall–Kier alpha value is -7.51. The fourth-order valence-electron chi connectivity index (χ4n) is 7.22. The van der Waals surface area contributed by atoms with E-state index >= 15 is 0 Å². The van der Waals surface area contributed by atoms with Crippen LogP contribution >= 0.6 is 22.6 Å². The van der Waals surface area contributed by atoms with Crippen LogP contribution in [0.1, 0.15) is 44.3 Å². The monoisotopic (exact) mass is 1020 g/mol. The minimum Gasteiger partial charge on any atom is -0.493 e. The summed E-state index contributed by atoms with van der Waals surface area (Å²) in [5.74, 6) is -0.675. The SMILES string of the molecule is C=CO[C@@H]1C=C(COC(=O)c2ccc(-c3ccccc3)cc2)O[C@H]1n1cc(C)c(=O)[nH]c1=O.C=CO[C@@H]1[C@@H](I)[C@@H](COC(=O)c2ccc(-c3ccccc3)cc2)O[C@H]1n1cc(C)c(=O)[nH]c1=O. The number of rotatable bonds is 14. The van der Waals surface area contributed by atoms with Crippen LogP contribution in [0.2, 0.25) is 0 Å². The van der Waals surface area contributed by atoms with Crippen LogP contribution in [-0.4, -0.2) is 66.5 Å². The normalized spacial score (nSPS) is 19.4. The van der Waals surface area contributed by atoms with Crippen molar-refractivity contribution in [2.75, 3.05) is 13.2 Å². The Bertz CT molecular complexity index is 3000. The quantitative estimate of drug-likeness (QED) is 0.0496. The highest BCUT2D eigenvalue weighted by Crippen LogP contribution is 2.36. The molecule has 6 atom stereocenters. The molecule has 67 heavy (non-hydrogen) atoms. The van der Waals surface area contributed by atoms with Crippen molar-refractivity contribution < 1.29 is 38.0 Å². The number of nitrogens with zero attached hydrogens (tertiary/aromatic N) is 2. The van der Waals surface area contributed by atoms with E-state index in [-0.39, 0.29) is 17.1 Å². The zero-order valence-corrected chi connectivity index (χ0v) is 38.4. The molecule has 2 aromatic heterocycles. The number of aryl methyl sites for hydroxylation is 2. The smallest absolute Gasteiger partial charge is 0.338 e. The number of alkyl halides is 1. The molecule has 2 aliphatic rings. The van der Waals surface area contributed by atoms with Gasteiger partial charge < -0.3 is 28.4 Å². The molecule has 0 bridgehead atoms. The molecular weight excluding hydrogens is 975 g/mol. The Kier molecular flexibility index (Phi) is 15.3. The number of H-pyrrole nitrogens is 2. The number of halogens is 1. The maximum absolute atomic E-state index is 12.6. The number of esters is 2.